The first-order valence-electron chi connectivity index (χ1n) is 6.52. The molecule has 0 aliphatic heterocycles. The van der Waals surface area contributed by atoms with Gasteiger partial charge in [-0.3, -0.25) is 16.0 Å². The topological polar surface area (TPSA) is 81.9 Å². The number of hydrogen-bond acceptors (Lipinski definition) is 4. The predicted octanol–water partition coefficient (Wildman–Crippen LogP) is 1.24. The van der Waals surface area contributed by atoms with E-state index in [0.29, 0.717) is 11.7 Å². The zero-order valence-corrected chi connectivity index (χ0v) is 11.0. The summed E-state index contributed by atoms with van der Waals surface area (Å²) in [5.74, 6) is 6.92. The molecule has 5 N–H and O–H groups in total. The molecule has 5 heteroatoms. The summed E-state index contributed by atoms with van der Waals surface area (Å²) in [5, 5.41) is 4.18. The molecular weight excluding hydrogens is 238 g/mol. The molecular formula is C14H19N5. The van der Waals surface area contributed by atoms with Crippen molar-refractivity contribution in [3.05, 3.63) is 47.2 Å². The van der Waals surface area contributed by atoms with Gasteiger partial charge in [0.1, 0.15) is 5.82 Å². The average Bonchev–Trinajstić information content (AvgIpc) is 2.72. The molecule has 1 aliphatic rings. The Balaban J connectivity index is 1.77. The quantitative estimate of drug-likeness (QED) is 0.568. The molecule has 1 aromatic carbocycles. The van der Waals surface area contributed by atoms with Crippen LogP contribution in [0.25, 0.3) is 0 Å². The summed E-state index contributed by atoms with van der Waals surface area (Å²) < 4.78 is 1.67. The van der Waals surface area contributed by atoms with Gasteiger partial charge in [-0.1, -0.05) is 24.3 Å². The van der Waals surface area contributed by atoms with Gasteiger partial charge >= 0.3 is 0 Å². The maximum absolute atomic E-state index is 6.01. The van der Waals surface area contributed by atoms with Crippen molar-refractivity contribution in [1.82, 2.24) is 15.2 Å². The minimum atomic E-state index is 0.0482. The lowest BCUT2D eigenvalue weighted by atomic mass is 9.74. The maximum atomic E-state index is 6.01. The van der Waals surface area contributed by atoms with Crippen LogP contribution in [0.5, 0.6) is 0 Å². The number of nitrogens with one attached hydrogen (secondary N) is 1. The largest absolute Gasteiger partial charge is 0.384 e. The van der Waals surface area contributed by atoms with Gasteiger partial charge < -0.3 is 5.73 Å². The number of benzene rings is 1. The SMILES string of the molecule is Cn1ncc(C(CC2Cc3ccccc32)NN)c1N. The number of hydrazine groups is 1. The maximum Gasteiger partial charge on any atom is 0.126 e. The summed E-state index contributed by atoms with van der Waals surface area (Å²) in [6, 6.07) is 8.62. The minimum Gasteiger partial charge on any atom is -0.384 e. The van der Waals surface area contributed by atoms with E-state index in [1.165, 1.54) is 11.1 Å². The minimum absolute atomic E-state index is 0.0482. The summed E-state index contributed by atoms with van der Waals surface area (Å²) in [7, 11) is 1.84. The molecule has 0 saturated heterocycles. The van der Waals surface area contributed by atoms with E-state index in [-0.39, 0.29) is 6.04 Å². The zero-order valence-electron chi connectivity index (χ0n) is 11.0. The van der Waals surface area contributed by atoms with Crippen molar-refractivity contribution in [1.29, 1.82) is 0 Å². The fourth-order valence-electron chi connectivity index (χ4n) is 2.87. The van der Waals surface area contributed by atoms with Crippen molar-refractivity contribution in [3.63, 3.8) is 0 Å². The van der Waals surface area contributed by atoms with Gasteiger partial charge in [0.2, 0.25) is 0 Å². The van der Waals surface area contributed by atoms with Crippen molar-refractivity contribution < 1.29 is 0 Å². The zero-order chi connectivity index (χ0) is 13.4. The highest BCUT2D eigenvalue weighted by Crippen LogP contribution is 2.41. The second-order valence-electron chi connectivity index (χ2n) is 5.16. The van der Waals surface area contributed by atoms with Gasteiger partial charge in [-0.2, -0.15) is 5.10 Å². The van der Waals surface area contributed by atoms with Crippen LogP contribution in [0.4, 0.5) is 5.82 Å². The van der Waals surface area contributed by atoms with Gasteiger partial charge in [-0.25, -0.2) is 0 Å². The lowest BCUT2D eigenvalue weighted by Gasteiger charge is -2.32. The lowest BCUT2D eigenvalue weighted by molar-refractivity contribution is 0.436. The van der Waals surface area contributed by atoms with Gasteiger partial charge in [-0.15, -0.1) is 0 Å². The molecule has 3 rings (SSSR count). The Morgan fingerprint density at radius 1 is 1.47 bits per heavy atom. The predicted molar refractivity (Wildman–Crippen MR) is 75.2 cm³/mol. The number of nitrogen functional groups attached to an aromatic ring is 1. The molecule has 0 bridgehead atoms. The lowest BCUT2D eigenvalue weighted by Crippen LogP contribution is -2.32. The van der Waals surface area contributed by atoms with E-state index in [1.54, 1.807) is 10.9 Å². The number of nitrogens with zero attached hydrogens (tertiary/aromatic N) is 2. The Kier molecular flexibility index (Phi) is 3.00. The molecule has 100 valence electrons. The average molecular weight is 257 g/mol. The third-order valence-corrected chi connectivity index (χ3v) is 4.07. The van der Waals surface area contributed by atoms with Crippen LogP contribution in [0.1, 0.15) is 35.1 Å². The molecule has 2 atom stereocenters. The van der Waals surface area contributed by atoms with E-state index < -0.39 is 0 Å². The van der Waals surface area contributed by atoms with Crippen molar-refractivity contribution in [2.45, 2.75) is 24.8 Å². The highest BCUT2D eigenvalue weighted by atomic mass is 15.3. The van der Waals surface area contributed by atoms with E-state index in [0.717, 1.165) is 18.4 Å². The molecule has 0 saturated carbocycles. The van der Waals surface area contributed by atoms with Gasteiger partial charge in [-0.05, 0) is 29.9 Å². The molecule has 0 spiro atoms. The Morgan fingerprint density at radius 2 is 2.26 bits per heavy atom. The number of anilines is 1. The summed E-state index contributed by atoms with van der Waals surface area (Å²) >= 11 is 0. The highest BCUT2D eigenvalue weighted by Gasteiger charge is 2.29. The van der Waals surface area contributed by atoms with Crippen LogP contribution in [0.15, 0.2) is 30.5 Å². The third kappa shape index (κ3) is 2.01. The van der Waals surface area contributed by atoms with Gasteiger partial charge in [0, 0.05) is 12.6 Å². The first kappa shape index (κ1) is 12.2. The van der Waals surface area contributed by atoms with E-state index in [9.17, 15) is 0 Å². The normalized spacial score (nSPS) is 18.7. The second-order valence-corrected chi connectivity index (χ2v) is 5.16. The second kappa shape index (κ2) is 4.68. The first-order chi connectivity index (χ1) is 9.20. The smallest absolute Gasteiger partial charge is 0.126 e. The number of fused-ring (bicyclic) bond motifs is 1. The van der Waals surface area contributed by atoms with Crippen molar-refractivity contribution in [2.24, 2.45) is 12.9 Å². The number of aromatic nitrogens is 2. The molecule has 0 radical (unpaired) electrons. The molecule has 1 heterocycles. The number of hydrogen-bond donors (Lipinski definition) is 3. The molecule has 0 fully saturated rings. The molecule has 2 unspecified atom stereocenters. The Bertz CT molecular complexity index is 589. The monoisotopic (exact) mass is 257 g/mol. The molecule has 0 amide bonds. The van der Waals surface area contributed by atoms with Gasteiger partial charge in [0.15, 0.2) is 0 Å². The van der Waals surface area contributed by atoms with Crippen LogP contribution in [-0.2, 0) is 13.5 Å². The van der Waals surface area contributed by atoms with E-state index >= 15 is 0 Å². The Labute approximate surface area is 112 Å². The van der Waals surface area contributed by atoms with E-state index in [1.807, 2.05) is 7.05 Å². The summed E-state index contributed by atoms with van der Waals surface area (Å²) in [6.07, 6.45) is 3.86. The third-order valence-electron chi connectivity index (χ3n) is 4.07. The van der Waals surface area contributed by atoms with Crippen LogP contribution in [-0.4, -0.2) is 9.78 Å². The summed E-state index contributed by atoms with van der Waals surface area (Å²) in [5.41, 5.74) is 12.7. The molecule has 5 nitrogen and oxygen atoms in total. The number of rotatable bonds is 4. The summed E-state index contributed by atoms with van der Waals surface area (Å²) in [6.45, 7) is 0. The van der Waals surface area contributed by atoms with Crippen molar-refractivity contribution >= 4 is 5.82 Å². The fraction of sp³-hybridized carbons (Fsp3) is 0.357. The van der Waals surface area contributed by atoms with Gasteiger partial charge in [0.05, 0.1) is 12.2 Å². The van der Waals surface area contributed by atoms with Crippen molar-refractivity contribution in [3.8, 4) is 0 Å². The Morgan fingerprint density at radius 3 is 2.89 bits per heavy atom. The van der Waals surface area contributed by atoms with Gasteiger partial charge in [0.25, 0.3) is 0 Å². The molecule has 19 heavy (non-hydrogen) atoms. The molecule has 2 aromatic rings. The molecule has 1 aliphatic carbocycles. The summed E-state index contributed by atoms with van der Waals surface area (Å²) in [4.78, 5) is 0. The molecule has 1 aromatic heterocycles. The van der Waals surface area contributed by atoms with Crippen LogP contribution < -0.4 is 17.0 Å². The standard InChI is InChI=1S/C14H19N5/c1-19-14(15)12(8-17-19)13(18-16)7-10-6-9-4-2-3-5-11(9)10/h2-5,8,10,13,18H,6-7,15-16H2,1H3. The van der Waals surface area contributed by atoms with Crippen LogP contribution in [0, 0.1) is 0 Å². The van der Waals surface area contributed by atoms with Crippen LogP contribution in [0.2, 0.25) is 0 Å². The van der Waals surface area contributed by atoms with Crippen LogP contribution >= 0.6 is 0 Å². The number of nitrogens with two attached hydrogens (primary N) is 2. The number of aryl methyl sites for hydroxylation is 1. The van der Waals surface area contributed by atoms with Crippen molar-refractivity contribution in [2.75, 3.05) is 5.73 Å². The fourth-order valence-corrected chi connectivity index (χ4v) is 2.87. The van der Waals surface area contributed by atoms with Crippen LogP contribution in [0.3, 0.4) is 0 Å². The Hall–Kier alpha value is -1.85. The highest BCUT2D eigenvalue weighted by molar-refractivity contribution is 5.43. The van der Waals surface area contributed by atoms with E-state index in [2.05, 4.69) is 34.8 Å². The first-order valence-corrected chi connectivity index (χ1v) is 6.52. The van der Waals surface area contributed by atoms with E-state index in [4.69, 9.17) is 11.6 Å².